The van der Waals surface area contributed by atoms with Crippen LogP contribution in [0.15, 0.2) is 24.3 Å². The van der Waals surface area contributed by atoms with Gasteiger partial charge in [0.15, 0.2) is 0 Å². The van der Waals surface area contributed by atoms with Gasteiger partial charge in [0, 0.05) is 26.1 Å². The molecule has 2 rings (SSSR count). The van der Waals surface area contributed by atoms with Gasteiger partial charge in [0.05, 0.1) is 19.3 Å². The summed E-state index contributed by atoms with van der Waals surface area (Å²) in [4.78, 5) is 14.2. The number of aryl methyl sites for hydroxylation is 1. The van der Waals surface area contributed by atoms with Crippen molar-refractivity contribution in [3.63, 3.8) is 0 Å². The lowest BCUT2D eigenvalue weighted by Crippen LogP contribution is -2.44. The predicted octanol–water partition coefficient (Wildman–Crippen LogP) is 1.89. The number of ether oxygens (including phenoxy) is 1. The number of nitrogens with one attached hydrogen (secondary N) is 1. The van der Waals surface area contributed by atoms with E-state index in [1.165, 1.54) is 11.1 Å². The molecule has 1 saturated heterocycles. The average molecular weight is 276 g/mol. The van der Waals surface area contributed by atoms with Crippen molar-refractivity contribution in [2.45, 2.75) is 32.4 Å². The van der Waals surface area contributed by atoms with Crippen LogP contribution < -0.4 is 5.32 Å². The van der Waals surface area contributed by atoms with E-state index in [9.17, 15) is 4.79 Å². The third-order valence-electron chi connectivity index (χ3n) is 4.03. The zero-order valence-corrected chi connectivity index (χ0v) is 12.6. The number of benzene rings is 1. The van der Waals surface area contributed by atoms with Crippen molar-refractivity contribution in [2.75, 3.05) is 26.8 Å². The standard InChI is InChI=1S/C16H24N2O2/c1-12-6-4-5-7-15(12)13(2)18(3)16(19)10-14-11-20-9-8-17-14/h4-7,13-14,17H,8-11H2,1-3H3. The van der Waals surface area contributed by atoms with Gasteiger partial charge in [-0.1, -0.05) is 24.3 Å². The first kappa shape index (κ1) is 15.0. The number of hydrogen-bond acceptors (Lipinski definition) is 3. The Morgan fingerprint density at radius 2 is 2.25 bits per heavy atom. The summed E-state index contributed by atoms with van der Waals surface area (Å²) >= 11 is 0. The normalized spacial score (nSPS) is 20.4. The molecule has 110 valence electrons. The molecule has 1 heterocycles. The predicted molar refractivity (Wildman–Crippen MR) is 79.6 cm³/mol. The fraction of sp³-hybridized carbons (Fsp3) is 0.562. The van der Waals surface area contributed by atoms with Crippen LogP contribution in [0.5, 0.6) is 0 Å². The maximum Gasteiger partial charge on any atom is 0.224 e. The minimum Gasteiger partial charge on any atom is -0.378 e. The summed E-state index contributed by atoms with van der Waals surface area (Å²) in [5.41, 5.74) is 2.43. The molecule has 0 spiro atoms. The Hall–Kier alpha value is -1.39. The number of carbonyl (C=O) groups is 1. The summed E-state index contributed by atoms with van der Waals surface area (Å²) in [6, 6.07) is 8.45. The molecule has 1 aliphatic heterocycles. The topological polar surface area (TPSA) is 41.6 Å². The highest BCUT2D eigenvalue weighted by Crippen LogP contribution is 2.22. The van der Waals surface area contributed by atoms with Crippen LogP contribution in [0.3, 0.4) is 0 Å². The molecule has 2 atom stereocenters. The lowest BCUT2D eigenvalue weighted by molar-refractivity contribution is -0.133. The SMILES string of the molecule is Cc1ccccc1C(C)N(C)C(=O)CC1COCCN1. The van der Waals surface area contributed by atoms with Crippen LogP contribution >= 0.6 is 0 Å². The molecule has 0 saturated carbocycles. The highest BCUT2D eigenvalue weighted by molar-refractivity contribution is 5.77. The molecule has 4 heteroatoms. The zero-order chi connectivity index (χ0) is 14.5. The zero-order valence-electron chi connectivity index (χ0n) is 12.6. The van der Waals surface area contributed by atoms with Gasteiger partial charge >= 0.3 is 0 Å². The van der Waals surface area contributed by atoms with Crippen molar-refractivity contribution < 1.29 is 9.53 Å². The summed E-state index contributed by atoms with van der Waals surface area (Å²) < 4.78 is 5.39. The number of rotatable bonds is 4. The van der Waals surface area contributed by atoms with E-state index in [-0.39, 0.29) is 18.0 Å². The van der Waals surface area contributed by atoms with Gasteiger partial charge in [0.25, 0.3) is 0 Å². The molecule has 1 aliphatic rings. The lowest BCUT2D eigenvalue weighted by Gasteiger charge is -2.30. The number of hydrogen-bond donors (Lipinski definition) is 1. The third kappa shape index (κ3) is 3.58. The summed E-state index contributed by atoms with van der Waals surface area (Å²) in [6.07, 6.45) is 0.493. The molecule has 1 aromatic rings. The molecule has 0 aliphatic carbocycles. The molecule has 2 unspecified atom stereocenters. The second-order valence-electron chi connectivity index (χ2n) is 5.47. The monoisotopic (exact) mass is 276 g/mol. The Morgan fingerprint density at radius 1 is 1.50 bits per heavy atom. The van der Waals surface area contributed by atoms with E-state index in [1.807, 2.05) is 24.1 Å². The smallest absolute Gasteiger partial charge is 0.224 e. The Kier molecular flexibility index (Phi) is 5.15. The average Bonchev–Trinajstić information content (AvgIpc) is 2.47. The van der Waals surface area contributed by atoms with Gasteiger partial charge in [-0.2, -0.15) is 0 Å². The van der Waals surface area contributed by atoms with Gasteiger partial charge in [-0.05, 0) is 25.0 Å². The minimum atomic E-state index is 0.0909. The molecule has 1 amide bonds. The van der Waals surface area contributed by atoms with Crippen molar-refractivity contribution in [2.24, 2.45) is 0 Å². The first-order chi connectivity index (χ1) is 9.59. The van der Waals surface area contributed by atoms with Crippen LogP contribution in [0.1, 0.15) is 30.5 Å². The quantitative estimate of drug-likeness (QED) is 0.913. The highest BCUT2D eigenvalue weighted by atomic mass is 16.5. The van der Waals surface area contributed by atoms with Crippen LogP contribution in [-0.4, -0.2) is 43.7 Å². The van der Waals surface area contributed by atoms with E-state index in [1.54, 1.807) is 0 Å². The van der Waals surface area contributed by atoms with Crippen molar-refractivity contribution >= 4 is 5.91 Å². The number of morpholine rings is 1. The number of amides is 1. The Balaban J connectivity index is 1.97. The Labute approximate surface area is 121 Å². The number of carbonyl (C=O) groups excluding carboxylic acids is 1. The second-order valence-corrected chi connectivity index (χ2v) is 5.47. The molecular weight excluding hydrogens is 252 g/mol. The molecule has 0 bridgehead atoms. The second kappa shape index (κ2) is 6.86. The van der Waals surface area contributed by atoms with Crippen LogP contribution in [-0.2, 0) is 9.53 Å². The lowest BCUT2D eigenvalue weighted by atomic mass is 10.0. The van der Waals surface area contributed by atoms with Crippen LogP contribution in [0.2, 0.25) is 0 Å². The van der Waals surface area contributed by atoms with E-state index in [0.717, 1.165) is 13.2 Å². The van der Waals surface area contributed by atoms with E-state index in [2.05, 4.69) is 31.3 Å². The van der Waals surface area contributed by atoms with Crippen LogP contribution in [0, 0.1) is 6.92 Å². The largest absolute Gasteiger partial charge is 0.378 e. The maximum absolute atomic E-state index is 12.4. The van der Waals surface area contributed by atoms with Crippen molar-refractivity contribution in [1.82, 2.24) is 10.2 Å². The van der Waals surface area contributed by atoms with E-state index in [4.69, 9.17) is 4.74 Å². The van der Waals surface area contributed by atoms with Crippen molar-refractivity contribution in [1.29, 1.82) is 0 Å². The van der Waals surface area contributed by atoms with Gasteiger partial charge in [-0.3, -0.25) is 4.79 Å². The fourth-order valence-corrected chi connectivity index (χ4v) is 2.59. The number of nitrogens with zero attached hydrogens (tertiary/aromatic N) is 1. The van der Waals surface area contributed by atoms with Gasteiger partial charge in [0.1, 0.15) is 0 Å². The molecule has 1 fully saturated rings. The molecule has 4 nitrogen and oxygen atoms in total. The fourth-order valence-electron chi connectivity index (χ4n) is 2.59. The minimum absolute atomic E-state index is 0.0909. The molecular formula is C16H24N2O2. The highest BCUT2D eigenvalue weighted by Gasteiger charge is 2.23. The third-order valence-corrected chi connectivity index (χ3v) is 4.03. The summed E-state index contributed by atoms with van der Waals surface area (Å²) in [5.74, 6) is 0.156. The van der Waals surface area contributed by atoms with Crippen LogP contribution in [0.4, 0.5) is 0 Å². The summed E-state index contributed by atoms with van der Waals surface area (Å²) in [5, 5.41) is 3.32. The van der Waals surface area contributed by atoms with Gasteiger partial charge in [0.2, 0.25) is 5.91 Å². The molecule has 1 aromatic carbocycles. The van der Waals surface area contributed by atoms with Crippen molar-refractivity contribution in [3.8, 4) is 0 Å². The Morgan fingerprint density at radius 3 is 2.90 bits per heavy atom. The molecule has 20 heavy (non-hydrogen) atoms. The Bertz CT molecular complexity index is 456. The van der Waals surface area contributed by atoms with E-state index in [0.29, 0.717) is 13.0 Å². The van der Waals surface area contributed by atoms with Gasteiger partial charge in [-0.15, -0.1) is 0 Å². The summed E-state index contributed by atoms with van der Waals surface area (Å²) in [6.45, 7) is 6.35. The summed E-state index contributed by atoms with van der Waals surface area (Å²) in [7, 11) is 1.88. The molecule has 0 radical (unpaired) electrons. The molecule has 1 N–H and O–H groups in total. The first-order valence-electron chi connectivity index (χ1n) is 7.22. The van der Waals surface area contributed by atoms with Crippen LogP contribution in [0.25, 0.3) is 0 Å². The first-order valence-corrected chi connectivity index (χ1v) is 7.22. The van der Waals surface area contributed by atoms with E-state index >= 15 is 0 Å². The van der Waals surface area contributed by atoms with E-state index < -0.39 is 0 Å². The maximum atomic E-state index is 12.4. The van der Waals surface area contributed by atoms with Crippen molar-refractivity contribution in [3.05, 3.63) is 35.4 Å². The molecule has 0 aromatic heterocycles. The van der Waals surface area contributed by atoms with Gasteiger partial charge < -0.3 is 15.0 Å². The van der Waals surface area contributed by atoms with Gasteiger partial charge in [-0.25, -0.2) is 0 Å².